The average Bonchev–Trinajstić information content (AvgIpc) is 2.72. The zero-order valence-corrected chi connectivity index (χ0v) is 14.4. The number of rotatable bonds is 8. The highest BCUT2D eigenvalue weighted by atomic mass is 127. The molecule has 0 unspecified atom stereocenters. The molecule has 5 nitrogen and oxygen atoms in total. The van der Waals surface area contributed by atoms with E-state index in [-0.39, 0.29) is 12.2 Å². The van der Waals surface area contributed by atoms with Gasteiger partial charge in [-0.3, -0.25) is 4.79 Å². The number of aliphatic carboxylic acids is 1. The Bertz CT molecular complexity index is 531. The number of carboxylic acid groups (broad SMARTS) is 1. The molecule has 0 amide bonds. The van der Waals surface area contributed by atoms with Crippen molar-refractivity contribution in [3.63, 3.8) is 0 Å². The molecule has 1 aromatic rings. The SMILES string of the molecule is O=C(O)[C@H](CCI)NS(=O)(=O)CCc1ccc(Cl)s1. The molecule has 0 bridgehead atoms. The van der Waals surface area contributed by atoms with E-state index >= 15 is 0 Å². The van der Waals surface area contributed by atoms with Crippen LogP contribution in [0.15, 0.2) is 12.1 Å². The second-order valence-corrected chi connectivity index (χ2v) is 8.51. The molecule has 0 aliphatic rings. The van der Waals surface area contributed by atoms with Gasteiger partial charge in [0.1, 0.15) is 6.04 Å². The average molecular weight is 438 g/mol. The van der Waals surface area contributed by atoms with E-state index in [1.54, 1.807) is 12.1 Å². The number of halogens is 2. The normalized spacial score (nSPS) is 13.4. The van der Waals surface area contributed by atoms with Crippen LogP contribution in [-0.2, 0) is 21.2 Å². The van der Waals surface area contributed by atoms with Crippen molar-refractivity contribution in [2.75, 3.05) is 10.2 Å². The van der Waals surface area contributed by atoms with Crippen LogP contribution in [0.1, 0.15) is 11.3 Å². The van der Waals surface area contributed by atoms with Crippen LogP contribution < -0.4 is 4.72 Å². The van der Waals surface area contributed by atoms with Crippen LogP contribution in [0.2, 0.25) is 4.34 Å². The van der Waals surface area contributed by atoms with Gasteiger partial charge in [-0.05, 0) is 25.0 Å². The Labute approximate surface area is 134 Å². The van der Waals surface area contributed by atoms with Gasteiger partial charge < -0.3 is 5.11 Å². The van der Waals surface area contributed by atoms with Crippen LogP contribution in [0.3, 0.4) is 0 Å². The van der Waals surface area contributed by atoms with E-state index in [1.807, 2.05) is 22.6 Å². The summed E-state index contributed by atoms with van der Waals surface area (Å²) < 4.78 is 27.0. The highest BCUT2D eigenvalue weighted by Gasteiger charge is 2.23. The molecular formula is C10H13ClINO4S2. The fraction of sp³-hybridized carbons (Fsp3) is 0.500. The lowest BCUT2D eigenvalue weighted by Crippen LogP contribution is -2.42. The Morgan fingerprint density at radius 1 is 1.53 bits per heavy atom. The number of thiophene rings is 1. The third kappa shape index (κ3) is 6.39. The first-order valence-electron chi connectivity index (χ1n) is 5.37. The van der Waals surface area contributed by atoms with Crippen LogP contribution >= 0.6 is 45.5 Å². The highest BCUT2D eigenvalue weighted by molar-refractivity contribution is 14.1. The number of hydrogen-bond donors (Lipinski definition) is 2. The number of sulfonamides is 1. The summed E-state index contributed by atoms with van der Waals surface area (Å²) in [5.74, 6) is -1.30. The lowest BCUT2D eigenvalue weighted by atomic mass is 10.2. The number of hydrogen-bond acceptors (Lipinski definition) is 4. The third-order valence-corrected chi connectivity index (χ3v) is 5.56. The van der Waals surface area contributed by atoms with Gasteiger partial charge in [0.15, 0.2) is 0 Å². The standard InChI is InChI=1S/C10H13ClINO4S2/c11-9-2-1-7(18-9)4-6-19(16,17)13-8(3-5-12)10(14)15/h1-2,8,13H,3-6H2,(H,14,15)/t8-/m0/s1. The monoisotopic (exact) mass is 437 g/mol. The van der Waals surface area contributed by atoms with E-state index in [1.165, 1.54) is 11.3 Å². The lowest BCUT2D eigenvalue weighted by Gasteiger charge is -2.13. The summed E-state index contributed by atoms with van der Waals surface area (Å²) in [6, 6.07) is 2.41. The first kappa shape index (κ1) is 17.2. The molecule has 0 saturated carbocycles. The quantitative estimate of drug-likeness (QED) is 0.482. The zero-order chi connectivity index (χ0) is 14.5. The van der Waals surface area contributed by atoms with Gasteiger partial charge in [-0.25, -0.2) is 13.1 Å². The first-order valence-corrected chi connectivity index (χ1v) is 9.74. The largest absolute Gasteiger partial charge is 0.480 e. The summed E-state index contributed by atoms with van der Waals surface area (Å²) in [4.78, 5) is 11.8. The molecule has 0 radical (unpaired) electrons. The molecule has 0 fully saturated rings. The van der Waals surface area contributed by atoms with E-state index < -0.39 is 22.0 Å². The van der Waals surface area contributed by atoms with Crippen LogP contribution in [0, 0.1) is 0 Å². The third-order valence-electron chi connectivity index (χ3n) is 2.26. The molecule has 1 atom stereocenters. The van der Waals surface area contributed by atoms with Gasteiger partial charge in [0.2, 0.25) is 10.0 Å². The van der Waals surface area contributed by atoms with Gasteiger partial charge in [0.05, 0.1) is 10.1 Å². The van der Waals surface area contributed by atoms with Crippen molar-refractivity contribution >= 4 is 61.5 Å². The predicted octanol–water partition coefficient (Wildman–Crippen LogP) is 2.14. The van der Waals surface area contributed by atoms with E-state index in [9.17, 15) is 13.2 Å². The Hall–Kier alpha value is 0.1000. The van der Waals surface area contributed by atoms with E-state index in [0.717, 1.165) is 4.88 Å². The Morgan fingerprint density at radius 2 is 2.21 bits per heavy atom. The van der Waals surface area contributed by atoms with E-state index in [2.05, 4.69) is 4.72 Å². The maximum absolute atomic E-state index is 11.8. The fourth-order valence-electron chi connectivity index (χ4n) is 1.34. The second-order valence-electron chi connectivity index (χ2n) is 3.76. The number of carboxylic acids is 1. The fourth-order valence-corrected chi connectivity index (χ4v) is 4.44. The maximum atomic E-state index is 11.8. The molecule has 0 aliphatic carbocycles. The molecule has 1 rings (SSSR count). The molecule has 0 aliphatic heterocycles. The molecule has 9 heteroatoms. The molecular weight excluding hydrogens is 425 g/mol. The van der Waals surface area contributed by atoms with Crippen LogP contribution in [0.4, 0.5) is 0 Å². The highest BCUT2D eigenvalue weighted by Crippen LogP contribution is 2.21. The maximum Gasteiger partial charge on any atom is 0.321 e. The summed E-state index contributed by atoms with van der Waals surface area (Å²) in [5.41, 5.74) is 0. The Balaban J connectivity index is 2.57. The molecule has 0 saturated heterocycles. The van der Waals surface area contributed by atoms with Gasteiger partial charge in [0, 0.05) is 9.30 Å². The van der Waals surface area contributed by atoms with Crippen molar-refractivity contribution in [1.82, 2.24) is 4.72 Å². The van der Waals surface area contributed by atoms with Crippen LogP contribution in [0.25, 0.3) is 0 Å². The summed E-state index contributed by atoms with van der Waals surface area (Å²) in [5, 5.41) is 8.91. The Morgan fingerprint density at radius 3 is 2.68 bits per heavy atom. The van der Waals surface area contributed by atoms with Crippen molar-refractivity contribution in [2.24, 2.45) is 0 Å². The number of aryl methyl sites for hydroxylation is 1. The minimum Gasteiger partial charge on any atom is -0.480 e. The summed E-state index contributed by atoms with van der Waals surface area (Å²) in [7, 11) is -3.61. The first-order chi connectivity index (χ1) is 8.84. The zero-order valence-electron chi connectivity index (χ0n) is 9.80. The predicted molar refractivity (Wildman–Crippen MR) is 84.9 cm³/mol. The smallest absolute Gasteiger partial charge is 0.321 e. The number of nitrogens with one attached hydrogen (secondary N) is 1. The molecule has 108 valence electrons. The topological polar surface area (TPSA) is 83.5 Å². The number of carbonyl (C=O) groups is 1. The van der Waals surface area contributed by atoms with Gasteiger partial charge in [-0.2, -0.15) is 0 Å². The minimum absolute atomic E-state index is 0.144. The number of alkyl halides is 1. The van der Waals surface area contributed by atoms with E-state index in [4.69, 9.17) is 16.7 Å². The van der Waals surface area contributed by atoms with Crippen LogP contribution in [0.5, 0.6) is 0 Å². The van der Waals surface area contributed by atoms with Gasteiger partial charge in [0.25, 0.3) is 0 Å². The summed E-state index contributed by atoms with van der Waals surface area (Å²) in [6.07, 6.45) is 0.587. The van der Waals surface area contributed by atoms with E-state index in [0.29, 0.717) is 15.2 Å². The molecule has 1 heterocycles. The minimum atomic E-state index is -3.61. The van der Waals surface area contributed by atoms with Gasteiger partial charge >= 0.3 is 5.97 Å². The van der Waals surface area contributed by atoms with Gasteiger partial charge in [-0.15, -0.1) is 11.3 Å². The molecule has 0 spiro atoms. The van der Waals surface area contributed by atoms with Crippen molar-refractivity contribution in [3.05, 3.63) is 21.3 Å². The molecule has 1 aromatic heterocycles. The van der Waals surface area contributed by atoms with Gasteiger partial charge in [-0.1, -0.05) is 34.2 Å². The molecule has 19 heavy (non-hydrogen) atoms. The second kappa shape index (κ2) is 7.77. The van der Waals surface area contributed by atoms with Crippen LogP contribution in [-0.4, -0.2) is 35.7 Å². The molecule has 2 N–H and O–H groups in total. The summed E-state index contributed by atoms with van der Waals surface area (Å²) in [6.45, 7) is 0. The lowest BCUT2D eigenvalue weighted by molar-refractivity contribution is -0.138. The molecule has 0 aromatic carbocycles. The van der Waals surface area contributed by atoms with Crippen molar-refractivity contribution in [2.45, 2.75) is 18.9 Å². The van der Waals surface area contributed by atoms with Crippen molar-refractivity contribution < 1.29 is 18.3 Å². The summed E-state index contributed by atoms with van der Waals surface area (Å²) >= 11 is 9.08. The van der Waals surface area contributed by atoms with Crippen molar-refractivity contribution in [1.29, 1.82) is 0 Å². The van der Waals surface area contributed by atoms with Crippen molar-refractivity contribution in [3.8, 4) is 0 Å². The Kier molecular flexibility index (Phi) is 7.01.